The zero-order valence-electron chi connectivity index (χ0n) is 12.3. The number of hydrogen-bond donors (Lipinski definition) is 0. The molecule has 19 heavy (non-hydrogen) atoms. The molecule has 0 radical (unpaired) electrons. The third-order valence-electron chi connectivity index (χ3n) is 4.17. The van der Waals surface area contributed by atoms with Crippen molar-refractivity contribution in [3.8, 4) is 0 Å². The molecule has 0 spiro atoms. The highest BCUT2D eigenvalue weighted by Crippen LogP contribution is 2.36. The van der Waals surface area contributed by atoms with Crippen molar-refractivity contribution in [2.75, 3.05) is 5.88 Å². The van der Waals surface area contributed by atoms with Crippen LogP contribution in [0.1, 0.15) is 47.1 Å². The minimum atomic E-state index is -0.355. The quantitative estimate of drug-likeness (QED) is 0.629. The van der Waals surface area contributed by atoms with E-state index in [1.54, 1.807) is 6.20 Å². The van der Waals surface area contributed by atoms with Crippen LogP contribution >= 0.6 is 11.6 Å². The highest BCUT2D eigenvalue weighted by Gasteiger charge is 2.52. The summed E-state index contributed by atoms with van der Waals surface area (Å²) in [6, 6.07) is 0.220. The smallest absolute Gasteiger partial charge is 0.399 e. The molecular weight excluding hydrogens is 262 g/mol. The van der Waals surface area contributed by atoms with Crippen molar-refractivity contribution in [2.45, 2.75) is 58.3 Å². The molecule has 0 aliphatic carbocycles. The Labute approximate surface area is 120 Å². The summed E-state index contributed by atoms with van der Waals surface area (Å²) in [5.41, 5.74) is 0.300. The van der Waals surface area contributed by atoms with Crippen LogP contribution in [0.15, 0.2) is 12.4 Å². The van der Waals surface area contributed by atoms with E-state index in [-0.39, 0.29) is 24.4 Å². The lowest BCUT2D eigenvalue weighted by Crippen LogP contribution is -2.41. The van der Waals surface area contributed by atoms with Crippen LogP contribution in [0.5, 0.6) is 0 Å². The zero-order valence-corrected chi connectivity index (χ0v) is 13.1. The van der Waals surface area contributed by atoms with Gasteiger partial charge in [-0.25, -0.2) is 0 Å². The molecule has 106 valence electrons. The van der Waals surface area contributed by atoms with E-state index in [4.69, 9.17) is 20.9 Å². The van der Waals surface area contributed by atoms with Crippen LogP contribution in [0.25, 0.3) is 0 Å². The number of alkyl halides is 1. The molecule has 1 aliphatic rings. The van der Waals surface area contributed by atoms with Gasteiger partial charge in [-0.05, 0) is 34.1 Å². The third-order valence-corrected chi connectivity index (χ3v) is 4.53. The highest BCUT2D eigenvalue weighted by molar-refractivity contribution is 6.62. The zero-order chi connectivity index (χ0) is 14.3. The Balaban J connectivity index is 2.17. The van der Waals surface area contributed by atoms with E-state index < -0.39 is 0 Å². The molecule has 1 aromatic rings. The van der Waals surface area contributed by atoms with Crippen molar-refractivity contribution in [1.82, 2.24) is 9.78 Å². The predicted molar refractivity (Wildman–Crippen MR) is 78.0 cm³/mol. The Bertz CT molecular complexity index is 428. The minimum Gasteiger partial charge on any atom is -0.399 e. The second-order valence-corrected chi connectivity index (χ2v) is 6.37. The average molecular weight is 285 g/mol. The summed E-state index contributed by atoms with van der Waals surface area (Å²) in [6.45, 7) is 10.3. The Morgan fingerprint density at radius 2 is 1.89 bits per heavy atom. The monoisotopic (exact) mass is 284 g/mol. The van der Waals surface area contributed by atoms with Crippen LogP contribution in [0, 0.1) is 0 Å². The first-order valence-electron chi connectivity index (χ1n) is 6.76. The van der Waals surface area contributed by atoms with Gasteiger partial charge in [-0.2, -0.15) is 5.10 Å². The largest absolute Gasteiger partial charge is 0.498 e. The van der Waals surface area contributed by atoms with Gasteiger partial charge in [0.1, 0.15) is 0 Å². The van der Waals surface area contributed by atoms with E-state index in [0.29, 0.717) is 5.88 Å². The average Bonchev–Trinajstić information content (AvgIpc) is 2.85. The van der Waals surface area contributed by atoms with E-state index in [0.717, 1.165) is 11.9 Å². The maximum absolute atomic E-state index is 6.00. The Hall–Kier alpha value is -0.515. The van der Waals surface area contributed by atoms with Crippen LogP contribution in [-0.2, 0) is 9.31 Å². The second kappa shape index (κ2) is 5.11. The van der Waals surface area contributed by atoms with Gasteiger partial charge in [-0.15, -0.1) is 11.6 Å². The lowest BCUT2D eigenvalue weighted by Gasteiger charge is -2.32. The van der Waals surface area contributed by atoms with Crippen LogP contribution in [-0.4, -0.2) is 34.0 Å². The first kappa shape index (κ1) is 14.9. The van der Waals surface area contributed by atoms with E-state index in [1.807, 2.05) is 38.6 Å². The molecule has 0 saturated carbocycles. The molecule has 0 bridgehead atoms. The summed E-state index contributed by atoms with van der Waals surface area (Å²) in [5, 5.41) is 4.37. The fourth-order valence-corrected chi connectivity index (χ4v) is 2.38. The Morgan fingerprint density at radius 3 is 2.37 bits per heavy atom. The van der Waals surface area contributed by atoms with Gasteiger partial charge in [0.15, 0.2) is 0 Å². The third kappa shape index (κ3) is 2.69. The number of hydrogen-bond acceptors (Lipinski definition) is 3. The molecule has 1 fully saturated rings. The van der Waals surface area contributed by atoms with Crippen LogP contribution in [0.3, 0.4) is 0 Å². The molecule has 1 aromatic heterocycles. The lowest BCUT2D eigenvalue weighted by molar-refractivity contribution is 0.00578. The summed E-state index contributed by atoms with van der Waals surface area (Å²) in [7, 11) is -0.355. The van der Waals surface area contributed by atoms with Gasteiger partial charge in [-0.3, -0.25) is 4.68 Å². The van der Waals surface area contributed by atoms with E-state index in [1.165, 1.54) is 0 Å². The number of halogens is 1. The van der Waals surface area contributed by atoms with Gasteiger partial charge in [0, 0.05) is 23.7 Å². The summed E-state index contributed by atoms with van der Waals surface area (Å²) in [6.07, 6.45) is 4.73. The van der Waals surface area contributed by atoms with E-state index >= 15 is 0 Å². The van der Waals surface area contributed by atoms with Crippen LogP contribution < -0.4 is 5.46 Å². The van der Waals surface area contributed by atoms with Crippen molar-refractivity contribution in [3.05, 3.63) is 12.4 Å². The van der Waals surface area contributed by atoms with Crippen LogP contribution in [0.2, 0.25) is 0 Å². The SMILES string of the molecule is CCC(CCl)n1cc(B2OC(C)(C)C(C)(C)O2)cn1. The van der Waals surface area contributed by atoms with Gasteiger partial charge in [0.25, 0.3) is 0 Å². The van der Waals surface area contributed by atoms with Gasteiger partial charge < -0.3 is 9.31 Å². The number of aromatic nitrogens is 2. The Kier molecular flexibility index (Phi) is 4.01. The summed E-state index contributed by atoms with van der Waals surface area (Å²) < 4.78 is 13.9. The maximum atomic E-state index is 6.00. The fraction of sp³-hybridized carbons (Fsp3) is 0.769. The maximum Gasteiger partial charge on any atom is 0.498 e. The Morgan fingerprint density at radius 1 is 1.32 bits per heavy atom. The van der Waals surface area contributed by atoms with Crippen LogP contribution in [0.4, 0.5) is 0 Å². The first-order chi connectivity index (χ1) is 8.80. The van der Waals surface area contributed by atoms with E-state index in [2.05, 4.69) is 12.0 Å². The topological polar surface area (TPSA) is 36.3 Å². The van der Waals surface area contributed by atoms with Crippen molar-refractivity contribution >= 4 is 24.2 Å². The molecule has 0 aromatic carbocycles. The molecule has 1 atom stereocenters. The van der Waals surface area contributed by atoms with Gasteiger partial charge in [-0.1, -0.05) is 6.92 Å². The van der Waals surface area contributed by atoms with Crippen molar-refractivity contribution in [2.24, 2.45) is 0 Å². The lowest BCUT2D eigenvalue weighted by atomic mass is 9.82. The van der Waals surface area contributed by atoms with Crippen molar-refractivity contribution in [3.63, 3.8) is 0 Å². The fourth-order valence-electron chi connectivity index (χ4n) is 2.02. The van der Waals surface area contributed by atoms with E-state index in [9.17, 15) is 0 Å². The second-order valence-electron chi connectivity index (χ2n) is 6.06. The molecule has 0 N–H and O–H groups in total. The molecule has 1 aliphatic heterocycles. The van der Waals surface area contributed by atoms with Gasteiger partial charge in [0.2, 0.25) is 0 Å². The molecule has 6 heteroatoms. The molecule has 2 heterocycles. The molecule has 1 saturated heterocycles. The molecule has 2 rings (SSSR count). The van der Waals surface area contributed by atoms with Gasteiger partial charge >= 0.3 is 7.12 Å². The normalized spacial score (nSPS) is 22.7. The molecular formula is C13H22BClN2O2. The highest BCUT2D eigenvalue weighted by atomic mass is 35.5. The van der Waals surface area contributed by atoms with Crippen molar-refractivity contribution in [1.29, 1.82) is 0 Å². The molecule has 1 unspecified atom stereocenters. The predicted octanol–water partition coefficient (Wildman–Crippen LogP) is 2.37. The summed E-state index contributed by atoms with van der Waals surface area (Å²) >= 11 is 5.94. The minimum absolute atomic E-state index is 0.220. The first-order valence-corrected chi connectivity index (χ1v) is 7.30. The molecule has 4 nitrogen and oxygen atoms in total. The summed E-state index contributed by atoms with van der Waals surface area (Å²) in [4.78, 5) is 0. The summed E-state index contributed by atoms with van der Waals surface area (Å²) in [5.74, 6) is 0.557. The standard InChI is InChI=1S/C13H22BClN2O2/c1-6-11(7-15)17-9-10(8-16-17)14-18-12(2,3)13(4,5)19-14/h8-9,11H,6-7H2,1-5H3. The van der Waals surface area contributed by atoms with Crippen molar-refractivity contribution < 1.29 is 9.31 Å². The van der Waals surface area contributed by atoms with Gasteiger partial charge in [0.05, 0.1) is 17.2 Å². The molecule has 0 amide bonds. The number of nitrogens with zero attached hydrogens (tertiary/aromatic N) is 2. The number of rotatable bonds is 4.